The Morgan fingerprint density at radius 2 is 1.82 bits per heavy atom. The van der Waals surface area contributed by atoms with Crippen molar-refractivity contribution >= 4 is 0 Å². The Labute approximate surface area is 104 Å². The summed E-state index contributed by atoms with van der Waals surface area (Å²) in [6.07, 6.45) is -0.490. The summed E-state index contributed by atoms with van der Waals surface area (Å²) in [5.74, 6) is 0.797. The Kier molecular flexibility index (Phi) is 4.97. The smallest absolute Gasteiger partial charge is 0.119 e. The quantitative estimate of drug-likeness (QED) is 0.824. The molecular formula is C14H23NO2. The Balaban J connectivity index is 2.28. The molecule has 1 rings (SSSR count). The van der Waals surface area contributed by atoms with Gasteiger partial charge < -0.3 is 15.2 Å². The van der Waals surface area contributed by atoms with Crippen LogP contribution in [0.1, 0.15) is 26.3 Å². The van der Waals surface area contributed by atoms with Gasteiger partial charge in [0.2, 0.25) is 0 Å². The first-order chi connectivity index (χ1) is 7.87. The second-order valence-electron chi connectivity index (χ2n) is 5.41. The Bertz CT molecular complexity index is 327. The van der Waals surface area contributed by atoms with Crippen molar-refractivity contribution in [2.45, 2.75) is 39.3 Å². The average molecular weight is 237 g/mol. The van der Waals surface area contributed by atoms with Crippen LogP contribution >= 0.6 is 0 Å². The molecule has 1 aromatic carbocycles. The number of benzene rings is 1. The van der Waals surface area contributed by atoms with Gasteiger partial charge in [-0.1, -0.05) is 17.7 Å². The number of β-amino-alcohol motifs (C(OH)–C–C–N with tert-alkyl or cyclic N) is 1. The summed E-state index contributed by atoms with van der Waals surface area (Å²) >= 11 is 0. The molecular weight excluding hydrogens is 214 g/mol. The molecule has 0 amide bonds. The predicted molar refractivity (Wildman–Crippen MR) is 70.4 cm³/mol. The lowest BCUT2D eigenvalue weighted by molar-refractivity contribution is 0.100. The third-order valence-electron chi connectivity index (χ3n) is 2.33. The van der Waals surface area contributed by atoms with Crippen LogP contribution in [0.25, 0.3) is 0 Å². The van der Waals surface area contributed by atoms with E-state index in [1.54, 1.807) is 0 Å². The molecule has 1 atom stereocenters. The number of ether oxygens (including phenoxy) is 1. The highest BCUT2D eigenvalue weighted by atomic mass is 16.5. The molecule has 0 saturated carbocycles. The Morgan fingerprint density at radius 1 is 1.24 bits per heavy atom. The number of hydrogen-bond acceptors (Lipinski definition) is 3. The standard InChI is InChI=1S/C14H23NO2/c1-11-5-7-13(8-6-11)17-10-12(16)9-15-14(2,3)4/h5-8,12,15-16H,9-10H2,1-4H3. The Hall–Kier alpha value is -1.06. The molecule has 0 aliphatic rings. The van der Waals surface area contributed by atoms with Gasteiger partial charge in [0, 0.05) is 12.1 Å². The topological polar surface area (TPSA) is 41.5 Å². The molecule has 0 bridgehead atoms. The highest BCUT2D eigenvalue weighted by Crippen LogP contribution is 2.11. The number of nitrogens with one attached hydrogen (secondary N) is 1. The van der Waals surface area contributed by atoms with Gasteiger partial charge in [0.1, 0.15) is 18.5 Å². The highest BCUT2D eigenvalue weighted by Gasteiger charge is 2.12. The Morgan fingerprint density at radius 3 is 2.35 bits per heavy atom. The predicted octanol–water partition coefficient (Wildman–Crippen LogP) is 2.12. The van der Waals surface area contributed by atoms with Crippen LogP contribution in [0.2, 0.25) is 0 Å². The van der Waals surface area contributed by atoms with E-state index in [0.29, 0.717) is 13.2 Å². The van der Waals surface area contributed by atoms with E-state index in [1.807, 2.05) is 31.2 Å². The summed E-state index contributed by atoms with van der Waals surface area (Å²) in [4.78, 5) is 0. The summed E-state index contributed by atoms with van der Waals surface area (Å²) in [6.45, 7) is 9.09. The molecule has 0 aliphatic carbocycles. The fourth-order valence-corrected chi connectivity index (χ4v) is 1.31. The maximum absolute atomic E-state index is 9.74. The fraction of sp³-hybridized carbons (Fsp3) is 0.571. The minimum Gasteiger partial charge on any atom is -0.491 e. The van der Waals surface area contributed by atoms with E-state index in [9.17, 15) is 5.11 Å². The van der Waals surface area contributed by atoms with Crippen molar-refractivity contribution < 1.29 is 9.84 Å². The van der Waals surface area contributed by atoms with Gasteiger partial charge in [-0.15, -0.1) is 0 Å². The number of aliphatic hydroxyl groups is 1. The lowest BCUT2D eigenvalue weighted by Gasteiger charge is -2.22. The summed E-state index contributed by atoms with van der Waals surface area (Å²) in [6, 6.07) is 7.82. The van der Waals surface area contributed by atoms with Crippen molar-refractivity contribution in [1.29, 1.82) is 0 Å². The van der Waals surface area contributed by atoms with Gasteiger partial charge in [0.15, 0.2) is 0 Å². The SMILES string of the molecule is Cc1ccc(OCC(O)CNC(C)(C)C)cc1. The summed E-state index contributed by atoms with van der Waals surface area (Å²) in [5, 5.41) is 13.0. The van der Waals surface area contributed by atoms with E-state index < -0.39 is 6.10 Å². The molecule has 1 aromatic rings. The minimum atomic E-state index is -0.490. The highest BCUT2D eigenvalue weighted by molar-refractivity contribution is 5.26. The van der Waals surface area contributed by atoms with Crippen molar-refractivity contribution in [3.63, 3.8) is 0 Å². The van der Waals surface area contributed by atoms with Gasteiger partial charge in [-0.05, 0) is 39.8 Å². The van der Waals surface area contributed by atoms with Crippen LogP contribution in [-0.2, 0) is 0 Å². The zero-order valence-electron chi connectivity index (χ0n) is 11.2. The van der Waals surface area contributed by atoms with Crippen LogP contribution in [0, 0.1) is 6.92 Å². The molecule has 3 heteroatoms. The largest absolute Gasteiger partial charge is 0.491 e. The molecule has 0 radical (unpaired) electrons. The van der Waals surface area contributed by atoms with Crippen LogP contribution in [0.3, 0.4) is 0 Å². The van der Waals surface area contributed by atoms with Crippen LogP contribution < -0.4 is 10.1 Å². The molecule has 0 heterocycles. The normalized spacial score (nSPS) is 13.5. The van der Waals surface area contributed by atoms with E-state index in [2.05, 4.69) is 26.1 Å². The van der Waals surface area contributed by atoms with E-state index in [-0.39, 0.29) is 5.54 Å². The van der Waals surface area contributed by atoms with E-state index in [4.69, 9.17) is 4.74 Å². The van der Waals surface area contributed by atoms with Gasteiger partial charge >= 0.3 is 0 Å². The summed E-state index contributed by atoms with van der Waals surface area (Å²) < 4.78 is 5.50. The molecule has 3 nitrogen and oxygen atoms in total. The molecule has 0 fully saturated rings. The number of rotatable bonds is 5. The van der Waals surface area contributed by atoms with E-state index in [0.717, 1.165) is 5.75 Å². The first kappa shape index (κ1) is 14.0. The van der Waals surface area contributed by atoms with Gasteiger partial charge in [-0.25, -0.2) is 0 Å². The van der Waals surface area contributed by atoms with E-state index in [1.165, 1.54) is 5.56 Å². The van der Waals surface area contributed by atoms with Crippen molar-refractivity contribution in [3.05, 3.63) is 29.8 Å². The van der Waals surface area contributed by atoms with Crippen LogP contribution in [0.15, 0.2) is 24.3 Å². The minimum absolute atomic E-state index is 0.0187. The second-order valence-corrected chi connectivity index (χ2v) is 5.41. The molecule has 0 aromatic heterocycles. The summed E-state index contributed by atoms with van der Waals surface area (Å²) in [7, 11) is 0. The van der Waals surface area contributed by atoms with Crippen molar-refractivity contribution in [3.8, 4) is 5.75 Å². The van der Waals surface area contributed by atoms with Gasteiger partial charge in [0.05, 0.1) is 0 Å². The van der Waals surface area contributed by atoms with Gasteiger partial charge in [0.25, 0.3) is 0 Å². The van der Waals surface area contributed by atoms with Crippen molar-refractivity contribution in [2.75, 3.05) is 13.2 Å². The summed E-state index contributed by atoms with van der Waals surface area (Å²) in [5.41, 5.74) is 1.22. The average Bonchev–Trinajstić information content (AvgIpc) is 2.25. The van der Waals surface area contributed by atoms with Gasteiger partial charge in [-0.2, -0.15) is 0 Å². The van der Waals surface area contributed by atoms with Crippen molar-refractivity contribution in [1.82, 2.24) is 5.32 Å². The monoisotopic (exact) mass is 237 g/mol. The van der Waals surface area contributed by atoms with Crippen LogP contribution in [0.4, 0.5) is 0 Å². The molecule has 0 aliphatic heterocycles. The van der Waals surface area contributed by atoms with Gasteiger partial charge in [-0.3, -0.25) is 0 Å². The lowest BCUT2D eigenvalue weighted by atomic mass is 10.1. The fourth-order valence-electron chi connectivity index (χ4n) is 1.31. The molecule has 17 heavy (non-hydrogen) atoms. The number of aryl methyl sites for hydroxylation is 1. The van der Waals surface area contributed by atoms with Crippen LogP contribution in [0.5, 0.6) is 5.75 Å². The molecule has 0 saturated heterocycles. The first-order valence-electron chi connectivity index (χ1n) is 5.99. The zero-order chi connectivity index (χ0) is 12.9. The third-order valence-corrected chi connectivity index (χ3v) is 2.33. The molecule has 96 valence electrons. The lowest BCUT2D eigenvalue weighted by Crippen LogP contribution is -2.42. The second kappa shape index (κ2) is 6.03. The number of hydrogen-bond donors (Lipinski definition) is 2. The van der Waals surface area contributed by atoms with Crippen LogP contribution in [-0.4, -0.2) is 29.9 Å². The molecule has 1 unspecified atom stereocenters. The van der Waals surface area contributed by atoms with Crippen molar-refractivity contribution in [2.24, 2.45) is 0 Å². The van der Waals surface area contributed by atoms with E-state index >= 15 is 0 Å². The maximum Gasteiger partial charge on any atom is 0.119 e. The maximum atomic E-state index is 9.74. The number of aliphatic hydroxyl groups excluding tert-OH is 1. The first-order valence-corrected chi connectivity index (χ1v) is 5.99. The molecule has 2 N–H and O–H groups in total. The third kappa shape index (κ3) is 6.29. The zero-order valence-corrected chi connectivity index (χ0v) is 11.2. The molecule has 0 spiro atoms.